The molecule has 2 amide bonds. The maximum absolute atomic E-state index is 13.0. The van der Waals surface area contributed by atoms with Crippen molar-refractivity contribution >= 4 is 27.2 Å². The van der Waals surface area contributed by atoms with Crippen LogP contribution in [0.4, 0.5) is 4.79 Å². The van der Waals surface area contributed by atoms with Crippen LogP contribution in [-0.4, -0.2) is 40.2 Å². The number of ether oxygens (including phenoxy) is 1. The third-order valence-electron chi connectivity index (χ3n) is 4.33. The molecule has 1 aromatic heterocycles. The van der Waals surface area contributed by atoms with E-state index in [-0.39, 0.29) is 18.6 Å². The van der Waals surface area contributed by atoms with Crippen molar-refractivity contribution in [3.05, 3.63) is 53.4 Å². The van der Waals surface area contributed by atoms with Crippen LogP contribution in [0.1, 0.15) is 23.7 Å². The molecule has 6 nitrogen and oxygen atoms in total. The predicted molar refractivity (Wildman–Crippen MR) is 101 cm³/mol. The van der Waals surface area contributed by atoms with E-state index in [2.05, 4.69) is 10.6 Å². The van der Waals surface area contributed by atoms with Crippen molar-refractivity contribution in [1.29, 1.82) is 0 Å². The number of urea groups is 1. The first-order valence-electron chi connectivity index (χ1n) is 8.52. The normalized spacial score (nSPS) is 16.8. The van der Waals surface area contributed by atoms with Crippen molar-refractivity contribution in [2.75, 3.05) is 19.8 Å². The summed E-state index contributed by atoms with van der Waals surface area (Å²) in [6.45, 7) is 1.27. The van der Waals surface area contributed by atoms with E-state index < -0.39 is 15.1 Å². The molecule has 0 aliphatic carbocycles. The summed E-state index contributed by atoms with van der Waals surface area (Å²) < 4.78 is 31.6. The topological polar surface area (TPSA) is 84.5 Å². The summed E-state index contributed by atoms with van der Waals surface area (Å²) in [6, 6.07) is 12.0. The summed E-state index contributed by atoms with van der Waals surface area (Å²) in [4.78, 5) is 12.2. The molecule has 2 N–H and O–H groups in total. The lowest BCUT2D eigenvalue weighted by Gasteiger charge is -2.24. The van der Waals surface area contributed by atoms with E-state index in [9.17, 15) is 13.2 Å². The largest absolute Gasteiger partial charge is 0.381 e. The summed E-state index contributed by atoms with van der Waals surface area (Å²) in [6.07, 6.45) is 1.53. The lowest BCUT2D eigenvalue weighted by atomic mass is 10.1. The van der Waals surface area contributed by atoms with Gasteiger partial charge in [-0.15, -0.1) is 11.3 Å². The van der Waals surface area contributed by atoms with Crippen molar-refractivity contribution in [2.24, 2.45) is 0 Å². The zero-order valence-electron chi connectivity index (χ0n) is 14.3. The van der Waals surface area contributed by atoms with Crippen LogP contribution in [0.2, 0.25) is 0 Å². The van der Waals surface area contributed by atoms with Gasteiger partial charge in [-0.2, -0.15) is 0 Å². The third kappa shape index (κ3) is 4.63. The van der Waals surface area contributed by atoms with Gasteiger partial charge in [0.2, 0.25) is 0 Å². The maximum Gasteiger partial charge on any atom is 0.315 e. The molecule has 26 heavy (non-hydrogen) atoms. The molecule has 1 unspecified atom stereocenters. The minimum absolute atomic E-state index is 0.0132. The Morgan fingerprint density at radius 2 is 1.88 bits per heavy atom. The quantitative estimate of drug-likeness (QED) is 0.789. The molecule has 3 rings (SSSR count). The van der Waals surface area contributed by atoms with E-state index in [1.165, 1.54) is 11.3 Å². The van der Waals surface area contributed by atoms with Crippen molar-refractivity contribution in [2.45, 2.75) is 28.3 Å². The SMILES string of the molecule is O=C(NCC(c1ccccc1)S(=O)(=O)c1cccs1)NC1CCOCC1. The summed E-state index contributed by atoms with van der Waals surface area (Å²) in [5.74, 6) is 0. The standard InChI is InChI=1S/C18H22N2O4S2/c21-18(20-15-8-10-24-11-9-15)19-13-16(14-5-2-1-3-6-14)26(22,23)17-7-4-12-25-17/h1-7,12,15-16H,8-11,13H2,(H2,19,20,21). The van der Waals surface area contributed by atoms with Crippen LogP contribution in [-0.2, 0) is 14.6 Å². The minimum Gasteiger partial charge on any atom is -0.381 e. The summed E-state index contributed by atoms with van der Waals surface area (Å²) in [7, 11) is -3.58. The maximum atomic E-state index is 13.0. The van der Waals surface area contributed by atoms with E-state index in [0.717, 1.165) is 12.8 Å². The molecule has 0 saturated carbocycles. The molecule has 1 atom stereocenters. The Kier molecular flexibility index (Phi) is 6.29. The van der Waals surface area contributed by atoms with Crippen molar-refractivity contribution in [3.63, 3.8) is 0 Å². The molecule has 0 spiro atoms. The molecular weight excluding hydrogens is 372 g/mol. The highest BCUT2D eigenvalue weighted by atomic mass is 32.2. The molecule has 140 valence electrons. The van der Waals surface area contributed by atoms with Crippen LogP contribution in [0.3, 0.4) is 0 Å². The third-order valence-corrected chi connectivity index (χ3v) is 7.86. The first-order valence-corrected chi connectivity index (χ1v) is 10.9. The molecule has 2 aromatic rings. The highest BCUT2D eigenvalue weighted by Crippen LogP contribution is 2.31. The van der Waals surface area contributed by atoms with Crippen molar-refractivity contribution < 1.29 is 17.9 Å². The molecule has 1 aliphatic rings. The van der Waals surface area contributed by atoms with Gasteiger partial charge in [-0.25, -0.2) is 13.2 Å². The monoisotopic (exact) mass is 394 g/mol. The highest BCUT2D eigenvalue weighted by Gasteiger charge is 2.30. The fourth-order valence-corrected chi connectivity index (χ4v) is 5.77. The van der Waals surface area contributed by atoms with Gasteiger partial charge < -0.3 is 15.4 Å². The molecule has 0 radical (unpaired) electrons. The van der Waals surface area contributed by atoms with Crippen LogP contribution in [0.5, 0.6) is 0 Å². The second-order valence-electron chi connectivity index (χ2n) is 6.12. The van der Waals surface area contributed by atoms with Crippen molar-refractivity contribution in [1.82, 2.24) is 10.6 Å². The fraction of sp³-hybridized carbons (Fsp3) is 0.389. The number of amides is 2. The second kappa shape index (κ2) is 8.66. The van der Waals surface area contributed by atoms with Crippen LogP contribution in [0.15, 0.2) is 52.1 Å². The number of rotatable bonds is 6. The average Bonchev–Trinajstić information content (AvgIpc) is 3.19. The molecular formula is C18H22N2O4S2. The number of thiophene rings is 1. The Morgan fingerprint density at radius 3 is 2.54 bits per heavy atom. The summed E-state index contributed by atoms with van der Waals surface area (Å²) in [5.41, 5.74) is 0.660. The lowest BCUT2D eigenvalue weighted by molar-refractivity contribution is 0.0801. The minimum atomic E-state index is -3.58. The number of benzene rings is 1. The van der Waals surface area contributed by atoms with Gasteiger partial charge in [0.25, 0.3) is 0 Å². The zero-order valence-corrected chi connectivity index (χ0v) is 15.9. The van der Waals surface area contributed by atoms with Crippen molar-refractivity contribution in [3.8, 4) is 0 Å². The number of nitrogens with one attached hydrogen (secondary N) is 2. The van der Waals surface area contributed by atoms with E-state index in [4.69, 9.17) is 4.74 Å². The number of hydrogen-bond acceptors (Lipinski definition) is 5. The Bertz CT molecular complexity index is 801. The molecule has 2 heterocycles. The summed E-state index contributed by atoms with van der Waals surface area (Å²) >= 11 is 1.19. The molecule has 1 aliphatic heterocycles. The first-order chi connectivity index (χ1) is 12.6. The van der Waals surface area contributed by atoms with Gasteiger partial charge in [-0.3, -0.25) is 0 Å². The number of sulfone groups is 1. The lowest BCUT2D eigenvalue weighted by Crippen LogP contribution is -2.46. The highest BCUT2D eigenvalue weighted by molar-refractivity contribution is 7.93. The van der Waals surface area contributed by atoms with E-state index in [1.807, 2.05) is 6.07 Å². The van der Waals surface area contributed by atoms with E-state index in [0.29, 0.717) is 23.0 Å². The molecule has 1 saturated heterocycles. The first kappa shape index (κ1) is 18.9. The molecule has 1 aromatic carbocycles. The van der Waals surface area contributed by atoms with Gasteiger partial charge in [0, 0.05) is 25.8 Å². The van der Waals surface area contributed by atoms with Crippen LogP contribution < -0.4 is 10.6 Å². The van der Waals surface area contributed by atoms with Crippen LogP contribution >= 0.6 is 11.3 Å². The Hall–Kier alpha value is -1.90. The predicted octanol–water partition coefficient (Wildman–Crippen LogP) is 2.74. The number of hydrogen-bond donors (Lipinski definition) is 2. The zero-order chi connectivity index (χ0) is 18.4. The van der Waals surface area contributed by atoms with Gasteiger partial charge in [0.1, 0.15) is 9.46 Å². The van der Waals surface area contributed by atoms with E-state index in [1.54, 1.807) is 41.8 Å². The number of carbonyl (C=O) groups excluding carboxylic acids is 1. The van der Waals surface area contributed by atoms with Crippen LogP contribution in [0, 0.1) is 0 Å². The average molecular weight is 395 g/mol. The molecule has 8 heteroatoms. The van der Waals surface area contributed by atoms with Gasteiger partial charge in [0.05, 0.1) is 0 Å². The van der Waals surface area contributed by atoms with Gasteiger partial charge >= 0.3 is 6.03 Å². The Labute approximate surface area is 157 Å². The molecule has 0 bridgehead atoms. The number of carbonyl (C=O) groups is 1. The summed E-state index contributed by atoms with van der Waals surface area (Å²) in [5, 5.41) is 6.53. The van der Waals surface area contributed by atoms with E-state index >= 15 is 0 Å². The van der Waals surface area contributed by atoms with Gasteiger partial charge in [0.15, 0.2) is 9.84 Å². The Balaban J connectivity index is 1.71. The van der Waals surface area contributed by atoms with Gasteiger partial charge in [-0.1, -0.05) is 36.4 Å². The smallest absolute Gasteiger partial charge is 0.315 e. The second-order valence-corrected chi connectivity index (χ2v) is 9.42. The van der Waals surface area contributed by atoms with Crippen LogP contribution in [0.25, 0.3) is 0 Å². The Morgan fingerprint density at radius 1 is 1.15 bits per heavy atom. The molecule has 1 fully saturated rings. The fourth-order valence-electron chi connectivity index (χ4n) is 2.90. The van der Waals surface area contributed by atoms with Gasteiger partial charge in [-0.05, 0) is 29.9 Å².